The maximum Gasteiger partial charge on any atom is 0.247 e. The molecular formula is C25H25FN4OS. The number of hydrogen-bond acceptors (Lipinski definition) is 6. The fourth-order valence-electron chi connectivity index (χ4n) is 3.91. The van der Waals surface area contributed by atoms with Crippen molar-refractivity contribution in [1.82, 2.24) is 20.0 Å². The molecule has 5 rings (SSSR count). The summed E-state index contributed by atoms with van der Waals surface area (Å²) in [5.74, 6) is 1.04. The fraction of sp³-hybridized carbons (Fsp3) is 0.280. The van der Waals surface area contributed by atoms with Crippen LogP contribution in [0.4, 0.5) is 4.39 Å². The maximum atomic E-state index is 13.5. The number of thiophene rings is 1. The van der Waals surface area contributed by atoms with Crippen LogP contribution in [0.1, 0.15) is 16.3 Å². The molecule has 32 heavy (non-hydrogen) atoms. The first-order valence-electron chi connectivity index (χ1n) is 10.8. The summed E-state index contributed by atoms with van der Waals surface area (Å²) in [6.07, 6.45) is 0. The van der Waals surface area contributed by atoms with Crippen LogP contribution in [0.15, 0.2) is 65.1 Å². The predicted octanol–water partition coefficient (Wildman–Crippen LogP) is 5.23. The van der Waals surface area contributed by atoms with Crippen molar-refractivity contribution in [2.75, 3.05) is 26.2 Å². The van der Waals surface area contributed by atoms with E-state index in [1.807, 2.05) is 30.3 Å². The van der Waals surface area contributed by atoms with Gasteiger partial charge < -0.3 is 4.42 Å². The van der Waals surface area contributed by atoms with Gasteiger partial charge in [-0.1, -0.05) is 29.8 Å². The zero-order chi connectivity index (χ0) is 21.9. The van der Waals surface area contributed by atoms with Gasteiger partial charge in [0.2, 0.25) is 11.8 Å². The highest BCUT2D eigenvalue weighted by molar-refractivity contribution is 7.15. The molecule has 0 bridgehead atoms. The van der Waals surface area contributed by atoms with Gasteiger partial charge in [0.05, 0.1) is 6.54 Å². The lowest BCUT2D eigenvalue weighted by Gasteiger charge is -2.33. The summed E-state index contributed by atoms with van der Waals surface area (Å²) in [7, 11) is 0. The lowest BCUT2D eigenvalue weighted by molar-refractivity contribution is 0.115. The van der Waals surface area contributed by atoms with Crippen LogP contribution in [0.5, 0.6) is 0 Å². The van der Waals surface area contributed by atoms with Gasteiger partial charge in [-0.25, -0.2) is 4.39 Å². The second kappa shape index (κ2) is 9.32. The molecule has 0 spiro atoms. The van der Waals surface area contributed by atoms with Crippen LogP contribution >= 0.6 is 11.3 Å². The average molecular weight is 449 g/mol. The molecule has 3 heterocycles. The summed E-state index contributed by atoms with van der Waals surface area (Å²) >= 11 is 1.74. The lowest BCUT2D eigenvalue weighted by Crippen LogP contribution is -2.45. The summed E-state index contributed by atoms with van der Waals surface area (Å²) in [6, 6.07) is 19.2. The SMILES string of the molecule is Cc1ccc(-c2nnc(CN3CCN(Cc4ccc(-c5cccc(F)c5)s4)CC3)o2)cc1. The van der Waals surface area contributed by atoms with Crippen LogP contribution in [0.3, 0.4) is 0 Å². The second-order valence-corrected chi connectivity index (χ2v) is 9.36. The Balaban J connectivity index is 1.13. The highest BCUT2D eigenvalue weighted by atomic mass is 32.1. The van der Waals surface area contributed by atoms with Gasteiger partial charge in [-0.3, -0.25) is 9.80 Å². The van der Waals surface area contributed by atoms with E-state index >= 15 is 0 Å². The van der Waals surface area contributed by atoms with Crippen LogP contribution in [-0.2, 0) is 13.1 Å². The second-order valence-electron chi connectivity index (χ2n) is 8.20. The molecule has 2 aromatic carbocycles. The third kappa shape index (κ3) is 4.96. The number of piperazine rings is 1. The maximum absolute atomic E-state index is 13.5. The molecule has 0 atom stereocenters. The summed E-state index contributed by atoms with van der Waals surface area (Å²) in [4.78, 5) is 7.23. The molecule has 164 valence electrons. The zero-order valence-electron chi connectivity index (χ0n) is 18.0. The fourth-order valence-corrected chi connectivity index (χ4v) is 4.95. The van der Waals surface area contributed by atoms with Gasteiger partial charge in [-0.2, -0.15) is 0 Å². The molecular weight excluding hydrogens is 423 g/mol. The normalized spacial score (nSPS) is 15.3. The van der Waals surface area contributed by atoms with E-state index in [4.69, 9.17) is 4.42 Å². The number of rotatable bonds is 6. The molecule has 0 aliphatic carbocycles. The van der Waals surface area contributed by atoms with Gasteiger partial charge in [0.1, 0.15) is 5.82 Å². The van der Waals surface area contributed by atoms with Crippen molar-refractivity contribution >= 4 is 11.3 Å². The smallest absolute Gasteiger partial charge is 0.247 e. The van der Waals surface area contributed by atoms with Gasteiger partial charge in [-0.05, 0) is 48.9 Å². The Morgan fingerprint density at radius 1 is 0.875 bits per heavy atom. The molecule has 0 N–H and O–H groups in total. The number of halogens is 1. The quantitative estimate of drug-likeness (QED) is 0.404. The molecule has 1 fully saturated rings. The molecule has 4 aromatic rings. The highest BCUT2D eigenvalue weighted by Crippen LogP contribution is 2.29. The molecule has 2 aromatic heterocycles. The van der Waals surface area contributed by atoms with Gasteiger partial charge >= 0.3 is 0 Å². The van der Waals surface area contributed by atoms with Crippen LogP contribution in [0, 0.1) is 12.7 Å². The number of benzene rings is 2. The van der Waals surface area contributed by atoms with E-state index in [0.29, 0.717) is 18.3 Å². The summed E-state index contributed by atoms with van der Waals surface area (Å²) < 4.78 is 19.4. The highest BCUT2D eigenvalue weighted by Gasteiger charge is 2.20. The molecule has 1 aliphatic rings. The Bertz CT molecular complexity index is 1180. The predicted molar refractivity (Wildman–Crippen MR) is 125 cm³/mol. The van der Waals surface area contributed by atoms with Gasteiger partial charge in [0.25, 0.3) is 0 Å². The molecule has 7 heteroatoms. The first-order chi connectivity index (χ1) is 15.6. The van der Waals surface area contributed by atoms with Crippen LogP contribution in [0.25, 0.3) is 21.9 Å². The topological polar surface area (TPSA) is 45.4 Å². The first kappa shape index (κ1) is 21.0. The van der Waals surface area contributed by atoms with Crippen molar-refractivity contribution in [3.8, 4) is 21.9 Å². The van der Waals surface area contributed by atoms with E-state index in [0.717, 1.165) is 48.7 Å². The molecule has 0 amide bonds. The number of aromatic nitrogens is 2. The van der Waals surface area contributed by atoms with Gasteiger partial charge in [0, 0.05) is 48.0 Å². The van der Waals surface area contributed by atoms with Crippen LogP contribution in [-0.4, -0.2) is 46.2 Å². The van der Waals surface area contributed by atoms with Gasteiger partial charge in [-0.15, -0.1) is 21.5 Å². The first-order valence-corrected chi connectivity index (χ1v) is 11.6. The van der Waals surface area contributed by atoms with Crippen molar-refractivity contribution in [1.29, 1.82) is 0 Å². The number of hydrogen-bond donors (Lipinski definition) is 0. The summed E-state index contributed by atoms with van der Waals surface area (Å²) in [5, 5.41) is 8.45. The summed E-state index contributed by atoms with van der Waals surface area (Å²) in [5.41, 5.74) is 3.10. The van der Waals surface area contributed by atoms with E-state index in [2.05, 4.69) is 39.1 Å². The minimum Gasteiger partial charge on any atom is -0.419 e. The van der Waals surface area contributed by atoms with E-state index in [1.165, 1.54) is 16.5 Å². The van der Waals surface area contributed by atoms with E-state index in [9.17, 15) is 4.39 Å². The van der Waals surface area contributed by atoms with E-state index in [1.54, 1.807) is 23.5 Å². The average Bonchev–Trinajstić information content (AvgIpc) is 3.46. The minimum absolute atomic E-state index is 0.194. The Labute approximate surface area is 191 Å². The van der Waals surface area contributed by atoms with Crippen molar-refractivity contribution in [3.05, 3.63) is 82.8 Å². The van der Waals surface area contributed by atoms with E-state index in [-0.39, 0.29) is 5.82 Å². The number of nitrogens with zero attached hydrogens (tertiary/aromatic N) is 4. The Hall–Kier alpha value is -2.87. The van der Waals surface area contributed by atoms with Crippen LogP contribution < -0.4 is 0 Å². The molecule has 1 saturated heterocycles. The Morgan fingerprint density at radius 2 is 1.62 bits per heavy atom. The molecule has 1 aliphatic heterocycles. The standard InChI is InChI=1S/C25H25FN4OS/c1-18-5-7-19(8-6-18)25-28-27-24(31-25)17-30-13-11-29(12-14-30)16-22-9-10-23(32-22)20-3-2-4-21(26)15-20/h2-10,15H,11-14,16-17H2,1H3. The van der Waals surface area contributed by atoms with Crippen molar-refractivity contribution in [3.63, 3.8) is 0 Å². The number of aryl methyl sites for hydroxylation is 1. The largest absolute Gasteiger partial charge is 0.419 e. The van der Waals surface area contributed by atoms with Crippen molar-refractivity contribution in [2.24, 2.45) is 0 Å². The molecule has 5 nitrogen and oxygen atoms in total. The van der Waals surface area contributed by atoms with Crippen molar-refractivity contribution < 1.29 is 8.81 Å². The Morgan fingerprint density at radius 3 is 2.38 bits per heavy atom. The van der Waals surface area contributed by atoms with Crippen molar-refractivity contribution in [2.45, 2.75) is 20.0 Å². The Kier molecular flexibility index (Phi) is 6.12. The molecule has 0 saturated carbocycles. The monoisotopic (exact) mass is 448 g/mol. The lowest BCUT2D eigenvalue weighted by atomic mass is 10.1. The molecule has 0 unspecified atom stereocenters. The van der Waals surface area contributed by atoms with E-state index < -0.39 is 0 Å². The van der Waals surface area contributed by atoms with Gasteiger partial charge in [0.15, 0.2) is 0 Å². The zero-order valence-corrected chi connectivity index (χ0v) is 18.8. The summed E-state index contributed by atoms with van der Waals surface area (Å²) in [6.45, 7) is 7.57. The third-order valence-electron chi connectivity index (χ3n) is 5.74. The minimum atomic E-state index is -0.194. The third-order valence-corrected chi connectivity index (χ3v) is 6.86. The molecule has 0 radical (unpaired) electrons. The van der Waals surface area contributed by atoms with Crippen LogP contribution in [0.2, 0.25) is 0 Å².